The van der Waals surface area contributed by atoms with E-state index in [-0.39, 0.29) is 5.60 Å². The molecular formula is C18H25N3O. The number of nitrogens with zero attached hydrogens (tertiary/aromatic N) is 3. The second-order valence-electron chi connectivity index (χ2n) is 6.81. The minimum absolute atomic E-state index is 0.198. The second-order valence-corrected chi connectivity index (χ2v) is 6.81. The molecule has 22 heavy (non-hydrogen) atoms. The normalized spacial score (nSPS) is 11.4. The van der Waals surface area contributed by atoms with Crippen LogP contribution in [0.2, 0.25) is 0 Å². The summed E-state index contributed by atoms with van der Waals surface area (Å²) in [5.74, 6) is 1.77. The van der Waals surface area contributed by atoms with Crippen LogP contribution >= 0.6 is 0 Å². The molecule has 0 radical (unpaired) electrons. The monoisotopic (exact) mass is 299 g/mol. The van der Waals surface area contributed by atoms with Gasteiger partial charge in [-0.25, -0.2) is 0 Å². The zero-order valence-corrected chi connectivity index (χ0v) is 14.6. The molecular weight excluding hydrogens is 274 g/mol. The highest BCUT2D eigenvalue weighted by Gasteiger charge is 2.16. The summed E-state index contributed by atoms with van der Waals surface area (Å²) in [4.78, 5) is 1.99. The standard InChI is InChI=1S/C18H25N3O/c1-12-10-14(22-18(3,4)5)8-9-15(12)16-13(2)11-19-20-17(16)21(6)7/h8-11H,1-7H3. The van der Waals surface area contributed by atoms with E-state index < -0.39 is 0 Å². The number of anilines is 1. The molecule has 0 atom stereocenters. The molecule has 0 bridgehead atoms. The fraction of sp³-hybridized carbons (Fsp3) is 0.444. The number of rotatable bonds is 3. The van der Waals surface area contributed by atoms with E-state index >= 15 is 0 Å². The van der Waals surface area contributed by atoms with Crippen molar-refractivity contribution in [2.45, 2.75) is 40.2 Å². The Morgan fingerprint density at radius 3 is 2.27 bits per heavy atom. The summed E-state index contributed by atoms with van der Waals surface area (Å²) in [6.45, 7) is 10.3. The van der Waals surface area contributed by atoms with E-state index in [2.05, 4.69) is 56.9 Å². The Morgan fingerprint density at radius 1 is 1.05 bits per heavy atom. The number of aromatic nitrogens is 2. The lowest BCUT2D eigenvalue weighted by molar-refractivity contribution is 0.131. The molecule has 4 nitrogen and oxygen atoms in total. The Kier molecular flexibility index (Phi) is 4.40. The average Bonchev–Trinajstić information content (AvgIpc) is 2.37. The minimum Gasteiger partial charge on any atom is -0.488 e. The van der Waals surface area contributed by atoms with Gasteiger partial charge in [0.05, 0.1) is 6.20 Å². The van der Waals surface area contributed by atoms with Gasteiger partial charge in [-0.05, 0) is 63.4 Å². The molecule has 1 aromatic heterocycles. The first-order valence-electron chi connectivity index (χ1n) is 7.48. The van der Waals surface area contributed by atoms with Gasteiger partial charge in [0.2, 0.25) is 0 Å². The van der Waals surface area contributed by atoms with Gasteiger partial charge in [-0.1, -0.05) is 6.07 Å². The van der Waals surface area contributed by atoms with Crippen LogP contribution in [0.4, 0.5) is 5.82 Å². The maximum Gasteiger partial charge on any atom is 0.158 e. The molecule has 0 spiro atoms. The third kappa shape index (κ3) is 3.56. The maximum absolute atomic E-state index is 5.94. The van der Waals surface area contributed by atoms with Gasteiger partial charge < -0.3 is 9.64 Å². The predicted molar refractivity (Wildman–Crippen MR) is 91.7 cm³/mol. The van der Waals surface area contributed by atoms with Crippen molar-refractivity contribution in [1.29, 1.82) is 0 Å². The Bertz CT molecular complexity index is 673. The van der Waals surface area contributed by atoms with Crippen molar-refractivity contribution in [2.75, 3.05) is 19.0 Å². The van der Waals surface area contributed by atoms with Crippen molar-refractivity contribution in [3.05, 3.63) is 35.5 Å². The highest BCUT2D eigenvalue weighted by Crippen LogP contribution is 2.34. The SMILES string of the molecule is Cc1cc(OC(C)(C)C)ccc1-c1c(C)cnnc1N(C)C. The van der Waals surface area contributed by atoms with Gasteiger partial charge in [-0.3, -0.25) is 0 Å². The second kappa shape index (κ2) is 5.95. The fourth-order valence-corrected chi connectivity index (χ4v) is 2.44. The Morgan fingerprint density at radius 2 is 1.73 bits per heavy atom. The van der Waals surface area contributed by atoms with Gasteiger partial charge in [-0.2, -0.15) is 5.10 Å². The van der Waals surface area contributed by atoms with Crippen molar-refractivity contribution in [3.63, 3.8) is 0 Å². The van der Waals surface area contributed by atoms with Crippen molar-refractivity contribution >= 4 is 5.82 Å². The number of hydrogen-bond acceptors (Lipinski definition) is 4. The molecule has 0 fully saturated rings. The van der Waals surface area contributed by atoms with Crippen LogP contribution < -0.4 is 9.64 Å². The quantitative estimate of drug-likeness (QED) is 0.858. The highest BCUT2D eigenvalue weighted by molar-refractivity contribution is 5.80. The van der Waals surface area contributed by atoms with E-state index in [1.807, 2.05) is 25.1 Å². The number of benzene rings is 1. The third-order valence-electron chi connectivity index (χ3n) is 3.34. The zero-order valence-electron chi connectivity index (χ0n) is 14.6. The van der Waals surface area contributed by atoms with E-state index in [1.54, 1.807) is 6.20 Å². The minimum atomic E-state index is -0.198. The van der Waals surface area contributed by atoms with E-state index in [9.17, 15) is 0 Å². The molecule has 118 valence electrons. The van der Waals surface area contributed by atoms with Crippen LogP contribution in [0.15, 0.2) is 24.4 Å². The van der Waals surface area contributed by atoms with Gasteiger partial charge in [0, 0.05) is 19.7 Å². The Labute approximate surface area is 133 Å². The van der Waals surface area contributed by atoms with E-state index in [1.165, 1.54) is 5.56 Å². The average molecular weight is 299 g/mol. The van der Waals surface area contributed by atoms with Crippen molar-refractivity contribution < 1.29 is 4.74 Å². The van der Waals surface area contributed by atoms with Crippen LogP contribution in [0.3, 0.4) is 0 Å². The van der Waals surface area contributed by atoms with Crippen LogP contribution in [0, 0.1) is 13.8 Å². The molecule has 0 aliphatic rings. The zero-order chi connectivity index (χ0) is 16.5. The first kappa shape index (κ1) is 16.3. The molecule has 2 rings (SSSR count). The first-order valence-corrected chi connectivity index (χ1v) is 7.48. The van der Waals surface area contributed by atoms with Crippen LogP contribution in [-0.4, -0.2) is 29.9 Å². The van der Waals surface area contributed by atoms with Gasteiger partial charge in [-0.15, -0.1) is 5.10 Å². The Hall–Kier alpha value is -2.10. The van der Waals surface area contributed by atoms with Gasteiger partial charge >= 0.3 is 0 Å². The van der Waals surface area contributed by atoms with E-state index in [0.717, 1.165) is 28.3 Å². The van der Waals surface area contributed by atoms with Gasteiger partial charge in [0.25, 0.3) is 0 Å². The Balaban J connectivity index is 2.51. The lowest BCUT2D eigenvalue weighted by Gasteiger charge is -2.23. The van der Waals surface area contributed by atoms with Crippen LogP contribution in [-0.2, 0) is 0 Å². The number of ether oxygens (including phenoxy) is 1. The molecule has 0 amide bonds. The molecule has 0 unspecified atom stereocenters. The molecule has 4 heteroatoms. The molecule has 0 saturated carbocycles. The maximum atomic E-state index is 5.94. The summed E-state index contributed by atoms with van der Waals surface area (Å²) in [6, 6.07) is 6.21. The van der Waals surface area contributed by atoms with Crippen molar-refractivity contribution in [2.24, 2.45) is 0 Å². The molecule has 1 heterocycles. The number of aryl methyl sites for hydroxylation is 2. The van der Waals surface area contributed by atoms with E-state index in [4.69, 9.17) is 4.74 Å². The first-order chi connectivity index (χ1) is 10.2. The summed E-state index contributed by atoms with van der Waals surface area (Å²) in [6.07, 6.45) is 1.81. The highest BCUT2D eigenvalue weighted by atomic mass is 16.5. The molecule has 2 aromatic rings. The molecule has 1 aromatic carbocycles. The molecule has 0 aliphatic heterocycles. The lowest BCUT2D eigenvalue weighted by Crippen LogP contribution is -2.22. The smallest absolute Gasteiger partial charge is 0.158 e. The molecule has 0 saturated heterocycles. The molecule has 0 N–H and O–H groups in total. The van der Waals surface area contributed by atoms with Crippen LogP contribution in [0.5, 0.6) is 5.75 Å². The van der Waals surface area contributed by atoms with Gasteiger partial charge in [0.1, 0.15) is 11.4 Å². The largest absolute Gasteiger partial charge is 0.488 e. The van der Waals surface area contributed by atoms with Crippen LogP contribution in [0.25, 0.3) is 11.1 Å². The van der Waals surface area contributed by atoms with E-state index in [0.29, 0.717) is 0 Å². The number of hydrogen-bond donors (Lipinski definition) is 0. The van der Waals surface area contributed by atoms with Gasteiger partial charge in [0.15, 0.2) is 5.82 Å². The summed E-state index contributed by atoms with van der Waals surface area (Å²) < 4.78 is 5.94. The van der Waals surface area contributed by atoms with Crippen LogP contribution in [0.1, 0.15) is 31.9 Å². The summed E-state index contributed by atoms with van der Waals surface area (Å²) in [5, 5.41) is 8.35. The van der Waals surface area contributed by atoms with Crippen molar-refractivity contribution in [1.82, 2.24) is 10.2 Å². The van der Waals surface area contributed by atoms with Crippen molar-refractivity contribution in [3.8, 4) is 16.9 Å². The summed E-state index contributed by atoms with van der Waals surface area (Å²) in [7, 11) is 3.97. The lowest BCUT2D eigenvalue weighted by atomic mass is 9.97. The predicted octanol–water partition coefficient (Wildman–Crippen LogP) is 4.00. The summed E-state index contributed by atoms with van der Waals surface area (Å²) in [5.41, 5.74) is 4.38. The summed E-state index contributed by atoms with van der Waals surface area (Å²) >= 11 is 0. The molecule has 0 aliphatic carbocycles. The topological polar surface area (TPSA) is 38.3 Å². The fourth-order valence-electron chi connectivity index (χ4n) is 2.44. The third-order valence-corrected chi connectivity index (χ3v) is 3.34.